The highest BCUT2D eigenvalue weighted by molar-refractivity contribution is 5.70. The van der Waals surface area contributed by atoms with E-state index < -0.39 is 11.9 Å². The second-order valence-corrected chi connectivity index (χ2v) is 11.5. The fourth-order valence-corrected chi connectivity index (χ4v) is 6.31. The maximum absolute atomic E-state index is 11.6. The highest BCUT2D eigenvalue weighted by atomic mass is 16.5. The van der Waals surface area contributed by atoms with E-state index in [1.807, 2.05) is 39.0 Å². The van der Waals surface area contributed by atoms with E-state index in [4.69, 9.17) is 4.74 Å². The summed E-state index contributed by atoms with van der Waals surface area (Å²) >= 11 is 0. The van der Waals surface area contributed by atoms with E-state index >= 15 is 0 Å². The van der Waals surface area contributed by atoms with Crippen molar-refractivity contribution in [3.05, 3.63) is 95.3 Å². The largest absolute Gasteiger partial charge is 0.481 e. The first-order valence-electron chi connectivity index (χ1n) is 14.8. The molecule has 6 N–H and O–H groups in total. The Morgan fingerprint density at radius 3 is 1.89 bits per heavy atom. The molecule has 5 heterocycles. The van der Waals surface area contributed by atoms with Gasteiger partial charge in [0.2, 0.25) is 0 Å². The van der Waals surface area contributed by atoms with Gasteiger partial charge in [0.05, 0.1) is 6.10 Å². The second-order valence-electron chi connectivity index (χ2n) is 11.5. The van der Waals surface area contributed by atoms with Crippen molar-refractivity contribution in [3.63, 3.8) is 0 Å². The van der Waals surface area contributed by atoms with Crippen LogP contribution in [0.3, 0.4) is 0 Å². The van der Waals surface area contributed by atoms with Crippen LogP contribution in [-0.2, 0) is 27.2 Å². The van der Waals surface area contributed by atoms with Crippen molar-refractivity contribution in [2.45, 2.75) is 66.4 Å². The second kappa shape index (κ2) is 12.1. The molecule has 0 fully saturated rings. The molecular weight excluding hydrogens is 556 g/mol. The minimum absolute atomic E-state index is 0.0112. The summed E-state index contributed by atoms with van der Waals surface area (Å²) < 4.78 is 5.78. The van der Waals surface area contributed by atoms with Crippen LogP contribution in [0, 0.1) is 27.7 Å². The minimum Gasteiger partial charge on any atom is -0.481 e. The summed E-state index contributed by atoms with van der Waals surface area (Å²) in [5.74, 6) is -1.74. The molecule has 0 radical (unpaired) electrons. The fraction of sp³-hybridized carbons (Fsp3) is 0.314. The van der Waals surface area contributed by atoms with Crippen LogP contribution in [-0.4, -0.2) is 49.2 Å². The number of ether oxygens (including phenoxy) is 1. The lowest BCUT2D eigenvalue weighted by atomic mass is 10.0. The number of H-pyrrole nitrogens is 4. The van der Waals surface area contributed by atoms with Gasteiger partial charge in [-0.3, -0.25) is 9.59 Å². The molecule has 44 heavy (non-hydrogen) atoms. The predicted molar refractivity (Wildman–Crippen MR) is 172 cm³/mol. The average Bonchev–Trinajstić information content (AvgIpc) is 3.63. The maximum atomic E-state index is 11.6. The summed E-state index contributed by atoms with van der Waals surface area (Å²) in [5.41, 5.74) is 11.4. The lowest BCUT2D eigenvalue weighted by Gasteiger charge is -2.10. The van der Waals surface area contributed by atoms with Gasteiger partial charge < -0.3 is 34.9 Å². The van der Waals surface area contributed by atoms with E-state index in [0.29, 0.717) is 12.8 Å². The molecule has 4 aromatic heterocycles. The monoisotopic (exact) mass is 596 g/mol. The molecule has 1 atom stereocenters. The Hall–Kier alpha value is -4.76. The van der Waals surface area contributed by atoms with Crippen LogP contribution in [0.5, 0.6) is 0 Å². The number of carboxylic acid groups (broad SMARTS) is 2. The van der Waals surface area contributed by atoms with E-state index in [2.05, 4.69) is 52.5 Å². The number of hydrogen-bond donors (Lipinski definition) is 6. The van der Waals surface area contributed by atoms with Crippen LogP contribution < -0.4 is 21.4 Å². The van der Waals surface area contributed by atoms with Crippen molar-refractivity contribution in [2.75, 3.05) is 7.11 Å². The zero-order valence-corrected chi connectivity index (χ0v) is 26.1. The summed E-state index contributed by atoms with van der Waals surface area (Å²) in [5, 5.41) is 22.5. The third-order valence-corrected chi connectivity index (χ3v) is 8.93. The molecule has 0 saturated heterocycles. The standard InChI is InChI=1S/C35H40N4O5/c1-8-22-17(2)27-15-32-35(21(6)44-7)20(5)28(39-32)13-25-18(3)23(9-11-33(40)41)30(37-25)16-31-24(10-12-34(42)43)19(4)26(38-31)14-29(22)36-27/h8,13-16,21,36-39H,1,9-12H2,2-7H3,(H,40,41)(H,42,43)/t21-/m0/s1. The molecule has 230 valence electrons. The van der Waals surface area contributed by atoms with Gasteiger partial charge in [-0.1, -0.05) is 12.7 Å². The van der Waals surface area contributed by atoms with Gasteiger partial charge in [0.25, 0.3) is 0 Å². The van der Waals surface area contributed by atoms with Gasteiger partial charge in [-0.15, -0.1) is 0 Å². The highest BCUT2D eigenvalue weighted by Gasteiger charge is 2.20. The minimum atomic E-state index is -0.869. The number of rotatable bonds is 9. The van der Waals surface area contributed by atoms with Crippen molar-refractivity contribution >= 4 is 42.3 Å². The molecule has 0 unspecified atom stereocenters. The first-order valence-corrected chi connectivity index (χ1v) is 14.8. The molecular formula is C35H40N4O5. The summed E-state index contributed by atoms with van der Waals surface area (Å²) in [4.78, 5) is 37.5. The van der Waals surface area contributed by atoms with Gasteiger partial charge >= 0.3 is 11.9 Å². The van der Waals surface area contributed by atoms with Gasteiger partial charge in [-0.2, -0.15) is 0 Å². The SMILES string of the molecule is C=Cc1c(C)c2[nH]c1=Cc1[nH]c(c(CCC(=O)O)c1C)C=c1[nH]c(c(C)c1CCC(=O)O)=Cc1[nH]c(c([C@H](C)OC)c1C)C=2. The van der Waals surface area contributed by atoms with Gasteiger partial charge in [0.1, 0.15) is 0 Å². The normalized spacial score (nSPS) is 13.0. The van der Waals surface area contributed by atoms with E-state index in [0.717, 1.165) is 88.7 Å². The number of aromatic amines is 4. The Balaban J connectivity index is 1.93. The van der Waals surface area contributed by atoms with Crippen LogP contribution >= 0.6 is 0 Å². The number of carboxylic acids is 2. The summed E-state index contributed by atoms with van der Waals surface area (Å²) in [6.07, 6.45) is 10.5. The third kappa shape index (κ3) is 5.63. The Kier molecular flexibility index (Phi) is 8.43. The molecule has 0 spiro atoms. The molecule has 1 aliphatic rings. The van der Waals surface area contributed by atoms with Gasteiger partial charge in [0.15, 0.2) is 0 Å². The number of aromatic nitrogens is 4. The lowest BCUT2D eigenvalue weighted by Crippen LogP contribution is -2.14. The van der Waals surface area contributed by atoms with Crippen LogP contribution in [0.4, 0.5) is 0 Å². The first kappa shape index (κ1) is 30.7. The Labute approximate surface area is 255 Å². The van der Waals surface area contributed by atoms with Crippen molar-refractivity contribution in [1.29, 1.82) is 0 Å². The molecule has 0 amide bonds. The van der Waals surface area contributed by atoms with E-state index in [9.17, 15) is 19.8 Å². The molecule has 0 saturated carbocycles. The van der Waals surface area contributed by atoms with Gasteiger partial charge in [-0.25, -0.2) is 0 Å². The molecule has 0 aliphatic carbocycles. The Bertz CT molecular complexity index is 2050. The molecule has 9 nitrogen and oxygen atoms in total. The smallest absolute Gasteiger partial charge is 0.303 e. The van der Waals surface area contributed by atoms with Crippen molar-refractivity contribution in [3.8, 4) is 0 Å². The fourth-order valence-electron chi connectivity index (χ4n) is 6.31. The number of carbonyl (C=O) groups is 2. The molecule has 8 bridgehead atoms. The predicted octanol–water partition coefficient (Wildman–Crippen LogP) is 3.25. The Morgan fingerprint density at radius 1 is 0.727 bits per heavy atom. The first-order chi connectivity index (χ1) is 20.9. The summed E-state index contributed by atoms with van der Waals surface area (Å²) in [6.45, 7) is 14.2. The van der Waals surface area contributed by atoms with E-state index in [-0.39, 0.29) is 18.9 Å². The molecule has 0 aromatic carbocycles. The summed E-state index contributed by atoms with van der Waals surface area (Å²) in [6, 6.07) is 0. The zero-order valence-electron chi connectivity index (χ0n) is 26.1. The van der Waals surface area contributed by atoms with Crippen LogP contribution in [0.25, 0.3) is 30.4 Å². The molecule has 5 rings (SSSR count). The number of fused-ring (bicyclic) bond motifs is 8. The van der Waals surface area contributed by atoms with E-state index in [1.165, 1.54) is 0 Å². The van der Waals surface area contributed by atoms with Crippen LogP contribution in [0.2, 0.25) is 0 Å². The lowest BCUT2D eigenvalue weighted by molar-refractivity contribution is -0.138. The topological polar surface area (TPSA) is 147 Å². The van der Waals surface area contributed by atoms with Crippen LogP contribution in [0.15, 0.2) is 6.58 Å². The van der Waals surface area contributed by atoms with Crippen molar-refractivity contribution in [2.24, 2.45) is 0 Å². The number of aliphatic carboxylic acids is 2. The Morgan fingerprint density at radius 2 is 1.25 bits per heavy atom. The zero-order chi connectivity index (χ0) is 31.9. The van der Waals surface area contributed by atoms with Gasteiger partial charge in [0, 0.05) is 75.3 Å². The maximum Gasteiger partial charge on any atom is 0.303 e. The molecule has 1 aliphatic heterocycles. The summed E-state index contributed by atoms with van der Waals surface area (Å²) in [7, 11) is 1.70. The number of methoxy groups -OCH3 is 1. The number of hydrogen-bond acceptors (Lipinski definition) is 3. The number of nitrogens with one attached hydrogen (secondary N) is 4. The van der Waals surface area contributed by atoms with E-state index in [1.54, 1.807) is 7.11 Å². The van der Waals surface area contributed by atoms with Crippen LogP contribution in [0.1, 0.15) is 93.2 Å². The van der Waals surface area contributed by atoms with Crippen molar-refractivity contribution < 1.29 is 24.5 Å². The quantitative estimate of drug-likeness (QED) is 0.155. The molecule has 4 aromatic rings. The van der Waals surface area contributed by atoms with Gasteiger partial charge in [-0.05, 0) is 105 Å². The molecule has 9 heteroatoms. The van der Waals surface area contributed by atoms with Crippen molar-refractivity contribution in [1.82, 2.24) is 19.9 Å². The average molecular weight is 597 g/mol. The third-order valence-electron chi connectivity index (χ3n) is 8.93. The highest BCUT2D eigenvalue weighted by Crippen LogP contribution is 2.28.